The number of carbonyl (C=O) groups excluding carboxylic acids is 2. The highest BCUT2D eigenvalue weighted by Gasteiger charge is 2.23. The quantitative estimate of drug-likeness (QED) is 0.277. The molecule has 5 nitrogen and oxygen atoms in total. The predicted octanol–water partition coefficient (Wildman–Crippen LogP) is 1.17. The maximum Gasteiger partial charge on any atom is 0.316 e. The number of hydrogen-bond donors (Lipinski definition) is 2. The van der Waals surface area contributed by atoms with Crippen LogP contribution in [0, 0.1) is 5.41 Å². The normalized spacial score (nSPS) is 10.9. The molecule has 0 aliphatic carbocycles. The molecule has 1 aromatic carbocycles. The third-order valence-corrected chi connectivity index (χ3v) is 2.27. The van der Waals surface area contributed by atoms with Gasteiger partial charge in [0.05, 0.1) is 11.8 Å². The van der Waals surface area contributed by atoms with Gasteiger partial charge in [-0.1, -0.05) is 12.1 Å². The van der Waals surface area contributed by atoms with Crippen LogP contribution >= 0.6 is 0 Å². The molecule has 1 amide bonds. The van der Waals surface area contributed by atoms with Crippen molar-refractivity contribution in [3.8, 4) is 5.75 Å². The lowest BCUT2D eigenvalue weighted by Crippen LogP contribution is -2.31. The van der Waals surface area contributed by atoms with Crippen LogP contribution < -0.4 is 16.0 Å². The zero-order valence-electron chi connectivity index (χ0n) is 10.8. The largest absolute Gasteiger partial charge is 0.426 e. The number of hydrogen-bond acceptors (Lipinski definition) is 4. The van der Waals surface area contributed by atoms with Gasteiger partial charge in [0, 0.05) is 0 Å². The highest BCUT2D eigenvalue weighted by Crippen LogP contribution is 2.19. The highest BCUT2D eigenvalue weighted by atomic mass is 16.5. The van der Waals surface area contributed by atoms with E-state index in [0.29, 0.717) is 5.75 Å². The number of carbonyl (C=O) groups is 2. The molecule has 98 valence electrons. The van der Waals surface area contributed by atoms with Crippen LogP contribution in [-0.2, 0) is 16.0 Å². The number of nitrogens with one attached hydrogen (secondary N) is 1. The molecule has 0 fully saturated rings. The first-order valence-electron chi connectivity index (χ1n) is 5.63. The SMILES string of the molecule is CC(C)(C)C(=O)Oc1ccc(CC(=O)NN)cc1. The number of benzene rings is 1. The number of nitrogens with two attached hydrogens (primary N) is 1. The molecule has 0 aliphatic rings. The van der Waals surface area contributed by atoms with Gasteiger partial charge in [0.2, 0.25) is 5.91 Å². The Hall–Kier alpha value is -1.88. The van der Waals surface area contributed by atoms with Crippen LogP contribution in [0.3, 0.4) is 0 Å². The zero-order valence-corrected chi connectivity index (χ0v) is 10.8. The summed E-state index contributed by atoms with van der Waals surface area (Å²) in [6.45, 7) is 5.36. The molecule has 0 atom stereocenters. The van der Waals surface area contributed by atoms with Gasteiger partial charge in [0.25, 0.3) is 0 Å². The standard InChI is InChI=1S/C13H18N2O3/c1-13(2,3)12(17)18-10-6-4-9(5-7-10)8-11(16)15-14/h4-7H,8,14H2,1-3H3,(H,15,16). The monoisotopic (exact) mass is 250 g/mol. The van der Waals surface area contributed by atoms with Crippen LogP contribution in [0.15, 0.2) is 24.3 Å². The van der Waals surface area contributed by atoms with Gasteiger partial charge in [-0.2, -0.15) is 0 Å². The Balaban J connectivity index is 2.66. The number of rotatable bonds is 3. The van der Waals surface area contributed by atoms with E-state index in [2.05, 4.69) is 5.43 Å². The van der Waals surface area contributed by atoms with Gasteiger partial charge in [-0.05, 0) is 38.5 Å². The van der Waals surface area contributed by atoms with E-state index in [1.807, 2.05) is 0 Å². The smallest absolute Gasteiger partial charge is 0.316 e. The van der Waals surface area contributed by atoms with Gasteiger partial charge in [0.1, 0.15) is 5.75 Å². The van der Waals surface area contributed by atoms with Gasteiger partial charge in [0.15, 0.2) is 0 Å². The highest BCUT2D eigenvalue weighted by molar-refractivity contribution is 5.79. The van der Waals surface area contributed by atoms with Gasteiger partial charge in [-0.25, -0.2) is 5.84 Å². The van der Waals surface area contributed by atoms with E-state index in [4.69, 9.17) is 10.6 Å². The van der Waals surface area contributed by atoms with Crippen molar-refractivity contribution in [3.05, 3.63) is 29.8 Å². The fraction of sp³-hybridized carbons (Fsp3) is 0.385. The number of esters is 1. The molecule has 0 aliphatic heterocycles. The molecule has 18 heavy (non-hydrogen) atoms. The van der Waals surface area contributed by atoms with Crippen LogP contribution in [0.4, 0.5) is 0 Å². The van der Waals surface area contributed by atoms with E-state index >= 15 is 0 Å². The van der Waals surface area contributed by atoms with Gasteiger partial charge < -0.3 is 4.74 Å². The fourth-order valence-electron chi connectivity index (χ4n) is 1.17. The summed E-state index contributed by atoms with van der Waals surface area (Å²) in [6.07, 6.45) is 0.198. The van der Waals surface area contributed by atoms with Crippen LogP contribution in [0.5, 0.6) is 5.75 Å². The summed E-state index contributed by atoms with van der Waals surface area (Å²) in [5, 5.41) is 0. The topological polar surface area (TPSA) is 81.4 Å². The lowest BCUT2D eigenvalue weighted by molar-refractivity contribution is -0.143. The summed E-state index contributed by atoms with van der Waals surface area (Å²) >= 11 is 0. The molecule has 0 radical (unpaired) electrons. The Morgan fingerprint density at radius 3 is 2.22 bits per heavy atom. The summed E-state index contributed by atoms with van der Waals surface area (Å²) in [5.74, 6) is 4.89. The first kappa shape index (κ1) is 14.2. The molecule has 0 bridgehead atoms. The molecule has 5 heteroatoms. The third kappa shape index (κ3) is 4.18. The van der Waals surface area contributed by atoms with E-state index in [0.717, 1.165) is 5.56 Å². The van der Waals surface area contributed by atoms with Crippen LogP contribution in [-0.4, -0.2) is 11.9 Å². The molecular formula is C13H18N2O3. The van der Waals surface area contributed by atoms with Crippen LogP contribution in [0.1, 0.15) is 26.3 Å². The van der Waals surface area contributed by atoms with E-state index in [9.17, 15) is 9.59 Å². The minimum atomic E-state index is -0.544. The summed E-state index contributed by atoms with van der Waals surface area (Å²) in [4.78, 5) is 22.7. The van der Waals surface area contributed by atoms with Crippen molar-refractivity contribution >= 4 is 11.9 Å². The first-order chi connectivity index (χ1) is 8.32. The predicted molar refractivity (Wildman–Crippen MR) is 67.6 cm³/mol. The molecule has 0 aromatic heterocycles. The number of hydrazine groups is 1. The van der Waals surface area contributed by atoms with E-state index in [-0.39, 0.29) is 18.3 Å². The second kappa shape index (κ2) is 5.64. The third-order valence-electron chi connectivity index (χ3n) is 2.27. The van der Waals surface area contributed by atoms with Crippen molar-refractivity contribution in [1.29, 1.82) is 0 Å². The molecule has 1 aromatic rings. The zero-order chi connectivity index (χ0) is 13.8. The van der Waals surface area contributed by atoms with Gasteiger partial charge in [-0.15, -0.1) is 0 Å². The lowest BCUT2D eigenvalue weighted by atomic mass is 9.97. The maximum atomic E-state index is 11.6. The molecule has 0 spiro atoms. The Bertz CT molecular complexity index is 433. The summed E-state index contributed by atoms with van der Waals surface area (Å²) in [7, 11) is 0. The second-order valence-electron chi connectivity index (χ2n) is 5.03. The average molecular weight is 250 g/mol. The van der Waals surface area contributed by atoms with Crippen molar-refractivity contribution in [2.75, 3.05) is 0 Å². The van der Waals surface area contributed by atoms with E-state index in [1.54, 1.807) is 45.0 Å². The first-order valence-corrected chi connectivity index (χ1v) is 5.63. The van der Waals surface area contributed by atoms with Gasteiger partial charge >= 0.3 is 5.97 Å². The van der Waals surface area contributed by atoms with Crippen molar-refractivity contribution < 1.29 is 14.3 Å². The van der Waals surface area contributed by atoms with E-state index in [1.165, 1.54) is 0 Å². The summed E-state index contributed by atoms with van der Waals surface area (Å²) < 4.78 is 5.20. The molecule has 0 heterocycles. The molecule has 1 rings (SSSR count). The lowest BCUT2D eigenvalue weighted by Gasteiger charge is -2.16. The minimum absolute atomic E-state index is 0.198. The van der Waals surface area contributed by atoms with Crippen molar-refractivity contribution in [1.82, 2.24) is 5.43 Å². The fourth-order valence-corrected chi connectivity index (χ4v) is 1.17. The number of amides is 1. The summed E-state index contributed by atoms with van der Waals surface area (Å²) in [5.41, 5.74) is 2.31. The van der Waals surface area contributed by atoms with Crippen molar-refractivity contribution in [2.45, 2.75) is 27.2 Å². The Kier molecular flexibility index (Phi) is 4.44. The van der Waals surface area contributed by atoms with Crippen LogP contribution in [0.25, 0.3) is 0 Å². The van der Waals surface area contributed by atoms with E-state index < -0.39 is 5.41 Å². The molecule has 0 unspecified atom stereocenters. The maximum absolute atomic E-state index is 11.6. The second-order valence-corrected chi connectivity index (χ2v) is 5.03. The average Bonchev–Trinajstić information content (AvgIpc) is 2.30. The number of ether oxygens (including phenoxy) is 1. The van der Waals surface area contributed by atoms with Crippen LogP contribution in [0.2, 0.25) is 0 Å². The molecule has 0 saturated heterocycles. The Labute approximate surface area is 106 Å². The molecule has 0 saturated carbocycles. The minimum Gasteiger partial charge on any atom is -0.426 e. The van der Waals surface area contributed by atoms with Gasteiger partial charge in [-0.3, -0.25) is 15.0 Å². The summed E-state index contributed by atoms with van der Waals surface area (Å²) in [6, 6.07) is 6.76. The Morgan fingerprint density at radius 1 is 1.22 bits per heavy atom. The Morgan fingerprint density at radius 2 is 1.78 bits per heavy atom. The van der Waals surface area contributed by atoms with Crippen molar-refractivity contribution in [2.24, 2.45) is 11.3 Å². The van der Waals surface area contributed by atoms with Crippen molar-refractivity contribution in [3.63, 3.8) is 0 Å². The molecule has 3 N–H and O–H groups in total. The molecular weight excluding hydrogens is 232 g/mol.